The van der Waals surface area contributed by atoms with Gasteiger partial charge in [0.05, 0.1) is 11.0 Å². The molecule has 2 atom stereocenters. The topological polar surface area (TPSA) is 92.9 Å². The van der Waals surface area contributed by atoms with Crippen molar-refractivity contribution in [2.75, 3.05) is 19.9 Å². The van der Waals surface area contributed by atoms with Gasteiger partial charge in [0.25, 0.3) is 5.69 Å². The van der Waals surface area contributed by atoms with Crippen LogP contribution in [0, 0.1) is 10.1 Å². The second kappa shape index (κ2) is 5.97. The van der Waals surface area contributed by atoms with Crippen LogP contribution in [0.1, 0.15) is 24.4 Å². The molecule has 0 unspecified atom stereocenters. The van der Waals surface area contributed by atoms with Crippen LogP contribution in [0.5, 0.6) is 5.75 Å². The number of fused-ring (bicyclic) bond motifs is 1. The Balaban J connectivity index is 2.15. The minimum absolute atomic E-state index is 0.0332. The first-order chi connectivity index (χ1) is 11.4. The largest absolute Gasteiger partial charge is 0.479 e. The molecule has 0 aliphatic carbocycles. The molecule has 1 saturated heterocycles. The van der Waals surface area contributed by atoms with E-state index in [2.05, 4.69) is 0 Å². The van der Waals surface area contributed by atoms with Gasteiger partial charge in [-0.3, -0.25) is 14.9 Å². The van der Waals surface area contributed by atoms with E-state index in [1.165, 1.54) is 17.0 Å². The monoisotopic (exact) mass is 342 g/mol. The molecule has 2 aliphatic rings. The number of benzene rings is 1. The van der Waals surface area contributed by atoms with Crippen molar-refractivity contribution >= 4 is 11.6 Å². The van der Waals surface area contributed by atoms with Gasteiger partial charge in [-0.25, -0.2) is 8.78 Å². The van der Waals surface area contributed by atoms with Crippen molar-refractivity contribution in [3.8, 4) is 5.75 Å². The molecule has 24 heavy (non-hydrogen) atoms. The highest BCUT2D eigenvalue weighted by Crippen LogP contribution is 2.45. The number of nitro benzene ring substituents is 1. The number of amides is 1. The van der Waals surface area contributed by atoms with Crippen LogP contribution in [0.25, 0.3) is 0 Å². The molecule has 1 N–H and O–H groups in total. The molecule has 9 heteroatoms. The summed E-state index contributed by atoms with van der Waals surface area (Å²) in [5, 5.41) is 21.6. The molecule has 0 bridgehead atoms. The third-order valence-corrected chi connectivity index (χ3v) is 4.57. The molecule has 0 radical (unpaired) electrons. The van der Waals surface area contributed by atoms with Gasteiger partial charge in [0.15, 0.2) is 5.60 Å². The summed E-state index contributed by atoms with van der Waals surface area (Å²) in [6, 6.07) is 2.48. The molecule has 130 valence electrons. The SMILES string of the molecule is O=C1CCCN1[C@@H]1c2cc([N+](=O)[O-])ccc2OC(CF)(CF)[C@H]1O. The number of aliphatic hydroxyl groups excluding tert-OH is 1. The van der Waals surface area contributed by atoms with E-state index in [1.54, 1.807) is 0 Å². The molecule has 2 aliphatic heterocycles. The van der Waals surface area contributed by atoms with Crippen LogP contribution in [0.4, 0.5) is 14.5 Å². The van der Waals surface area contributed by atoms with Crippen LogP contribution in [0.2, 0.25) is 0 Å². The summed E-state index contributed by atoms with van der Waals surface area (Å²) < 4.78 is 32.3. The van der Waals surface area contributed by atoms with Gasteiger partial charge in [-0.15, -0.1) is 0 Å². The number of aliphatic hydroxyl groups is 1. The molecule has 7 nitrogen and oxygen atoms in total. The maximum atomic E-state index is 13.5. The highest BCUT2D eigenvalue weighted by molar-refractivity contribution is 5.79. The number of rotatable bonds is 4. The van der Waals surface area contributed by atoms with Gasteiger partial charge < -0.3 is 14.7 Å². The van der Waals surface area contributed by atoms with Crippen LogP contribution in [-0.2, 0) is 4.79 Å². The lowest BCUT2D eigenvalue weighted by atomic mass is 9.84. The van der Waals surface area contributed by atoms with E-state index in [0.29, 0.717) is 13.0 Å². The number of likely N-dealkylation sites (tertiary alicyclic amines) is 1. The van der Waals surface area contributed by atoms with E-state index in [0.717, 1.165) is 6.07 Å². The number of carbonyl (C=O) groups is 1. The predicted molar refractivity (Wildman–Crippen MR) is 78.1 cm³/mol. The van der Waals surface area contributed by atoms with Crippen molar-refractivity contribution in [2.45, 2.75) is 30.6 Å². The van der Waals surface area contributed by atoms with Crippen LogP contribution in [0.3, 0.4) is 0 Å². The zero-order chi connectivity index (χ0) is 17.5. The molecule has 0 aromatic heterocycles. The van der Waals surface area contributed by atoms with Gasteiger partial charge in [0, 0.05) is 30.7 Å². The van der Waals surface area contributed by atoms with Gasteiger partial charge in [0.1, 0.15) is 25.2 Å². The molecule has 1 amide bonds. The summed E-state index contributed by atoms with van der Waals surface area (Å²) in [5.41, 5.74) is -2.20. The highest BCUT2D eigenvalue weighted by atomic mass is 19.1. The lowest BCUT2D eigenvalue weighted by molar-refractivity contribution is -0.385. The molecule has 1 aromatic rings. The van der Waals surface area contributed by atoms with Crippen LogP contribution in [-0.4, -0.2) is 52.4 Å². The number of non-ortho nitro benzene ring substituents is 1. The van der Waals surface area contributed by atoms with E-state index in [9.17, 15) is 28.8 Å². The molecule has 1 fully saturated rings. The zero-order valence-electron chi connectivity index (χ0n) is 12.7. The second-order valence-corrected chi connectivity index (χ2v) is 5.99. The summed E-state index contributed by atoms with van der Waals surface area (Å²) in [7, 11) is 0. The van der Waals surface area contributed by atoms with Crippen LogP contribution < -0.4 is 4.74 Å². The van der Waals surface area contributed by atoms with Gasteiger partial charge in [-0.1, -0.05) is 0 Å². The maximum Gasteiger partial charge on any atom is 0.270 e. The zero-order valence-corrected chi connectivity index (χ0v) is 12.7. The molecule has 0 saturated carbocycles. The van der Waals surface area contributed by atoms with Crippen molar-refractivity contribution in [1.82, 2.24) is 4.90 Å². The third kappa shape index (κ3) is 2.39. The van der Waals surface area contributed by atoms with E-state index in [1.807, 2.05) is 0 Å². The molecule has 0 spiro atoms. The fraction of sp³-hybridized carbons (Fsp3) is 0.533. The third-order valence-electron chi connectivity index (χ3n) is 4.57. The van der Waals surface area contributed by atoms with Crippen molar-refractivity contribution in [3.05, 3.63) is 33.9 Å². The number of hydrogen-bond donors (Lipinski definition) is 1. The fourth-order valence-corrected chi connectivity index (χ4v) is 3.26. The number of nitrogens with zero attached hydrogens (tertiary/aromatic N) is 2. The summed E-state index contributed by atoms with van der Waals surface area (Å²) in [6.07, 6.45) is -0.873. The number of alkyl halides is 2. The van der Waals surface area contributed by atoms with E-state index >= 15 is 0 Å². The molecular weight excluding hydrogens is 326 g/mol. The lowest BCUT2D eigenvalue weighted by Gasteiger charge is -2.45. The van der Waals surface area contributed by atoms with Crippen molar-refractivity contribution in [3.63, 3.8) is 0 Å². The Morgan fingerprint density at radius 1 is 1.42 bits per heavy atom. The summed E-state index contributed by atoms with van der Waals surface area (Å²) >= 11 is 0. The number of carbonyl (C=O) groups excluding carboxylic acids is 1. The summed E-state index contributed by atoms with van der Waals surface area (Å²) in [6.45, 7) is -2.28. The number of ether oxygens (including phenoxy) is 1. The Labute approximate surface area is 136 Å². The number of hydrogen-bond acceptors (Lipinski definition) is 5. The minimum atomic E-state index is -2.13. The number of nitro groups is 1. The molecule has 2 heterocycles. The normalized spacial score (nSPS) is 25.3. The Morgan fingerprint density at radius 3 is 2.67 bits per heavy atom. The van der Waals surface area contributed by atoms with E-state index in [-0.39, 0.29) is 29.3 Å². The Kier molecular flexibility index (Phi) is 4.12. The van der Waals surface area contributed by atoms with Crippen molar-refractivity contribution in [1.29, 1.82) is 0 Å². The quantitative estimate of drug-likeness (QED) is 0.664. The molecule has 3 rings (SSSR count). The first-order valence-corrected chi connectivity index (χ1v) is 7.50. The Morgan fingerprint density at radius 2 is 2.12 bits per heavy atom. The van der Waals surface area contributed by atoms with Gasteiger partial charge >= 0.3 is 0 Å². The predicted octanol–water partition coefficient (Wildman–Crippen LogP) is 1.69. The number of halogens is 2. The van der Waals surface area contributed by atoms with Crippen molar-refractivity contribution in [2.24, 2.45) is 0 Å². The average molecular weight is 342 g/mol. The van der Waals surface area contributed by atoms with E-state index < -0.39 is 36.0 Å². The highest BCUT2D eigenvalue weighted by Gasteiger charge is 2.53. The molecule has 1 aromatic carbocycles. The summed E-state index contributed by atoms with van der Waals surface area (Å²) in [5.74, 6) is -0.240. The smallest absolute Gasteiger partial charge is 0.270 e. The van der Waals surface area contributed by atoms with Gasteiger partial charge in [-0.2, -0.15) is 0 Å². The first-order valence-electron chi connectivity index (χ1n) is 7.50. The lowest BCUT2D eigenvalue weighted by Crippen LogP contribution is -2.60. The Hall–Kier alpha value is -2.29. The average Bonchev–Trinajstić information content (AvgIpc) is 2.99. The first kappa shape index (κ1) is 16.6. The van der Waals surface area contributed by atoms with Crippen LogP contribution in [0.15, 0.2) is 18.2 Å². The summed E-state index contributed by atoms with van der Waals surface area (Å²) in [4.78, 5) is 23.8. The molecular formula is C15H16F2N2O5. The van der Waals surface area contributed by atoms with E-state index in [4.69, 9.17) is 4.74 Å². The fourth-order valence-electron chi connectivity index (χ4n) is 3.26. The minimum Gasteiger partial charge on any atom is -0.479 e. The standard InChI is InChI=1S/C15H16F2N2O5/c16-7-15(8-17)14(21)13(18-5-1-2-12(18)20)10-6-9(19(22)23)3-4-11(10)24-15/h3-4,6,13-14,21H,1-2,5,7-8H2/t13-,14+/m1/s1. The van der Waals surface area contributed by atoms with Gasteiger partial charge in [-0.05, 0) is 12.5 Å². The van der Waals surface area contributed by atoms with Crippen molar-refractivity contribution < 1.29 is 28.3 Å². The van der Waals surface area contributed by atoms with Gasteiger partial charge in [0.2, 0.25) is 5.91 Å². The second-order valence-electron chi connectivity index (χ2n) is 5.99. The Bertz CT molecular complexity index is 680. The maximum absolute atomic E-state index is 13.5. The van der Waals surface area contributed by atoms with Crippen LogP contribution >= 0.6 is 0 Å².